The number of halogens is 3. The first-order chi connectivity index (χ1) is 14.6. The molecule has 2 aromatic rings. The predicted molar refractivity (Wildman–Crippen MR) is 115 cm³/mol. The lowest BCUT2D eigenvalue weighted by molar-refractivity contribution is -0.138. The normalized spacial score (nSPS) is 15.6. The van der Waals surface area contributed by atoms with Gasteiger partial charge in [-0.1, -0.05) is 42.2 Å². The molecule has 1 fully saturated rings. The van der Waals surface area contributed by atoms with Crippen LogP contribution in [0.5, 0.6) is 11.5 Å². The highest BCUT2D eigenvalue weighted by Gasteiger charge is 2.32. The first kappa shape index (κ1) is 22.8. The second-order valence-electron chi connectivity index (χ2n) is 6.53. The molecule has 0 aliphatic carbocycles. The Hall–Kier alpha value is -2.85. The molecule has 1 aliphatic rings. The number of nitrogens with zero attached hydrogens (tertiary/aromatic N) is 1. The van der Waals surface area contributed by atoms with Gasteiger partial charge in [0, 0.05) is 13.0 Å². The SMILES string of the molecule is O=C(O)CCCN1C(=O)/C(=C/c2cccc(Oc3cccc(C(F)(F)F)c3)c2)SC1=S. The van der Waals surface area contributed by atoms with Crippen molar-refractivity contribution in [3.8, 4) is 11.5 Å². The summed E-state index contributed by atoms with van der Waals surface area (Å²) in [5.74, 6) is -0.912. The number of rotatable bonds is 7. The monoisotopic (exact) mass is 467 g/mol. The van der Waals surface area contributed by atoms with E-state index in [2.05, 4.69) is 0 Å². The van der Waals surface area contributed by atoms with Gasteiger partial charge in [0.1, 0.15) is 15.8 Å². The van der Waals surface area contributed by atoms with Gasteiger partial charge in [-0.3, -0.25) is 14.5 Å². The van der Waals surface area contributed by atoms with E-state index in [4.69, 9.17) is 22.1 Å². The van der Waals surface area contributed by atoms with Gasteiger partial charge in [0.25, 0.3) is 5.91 Å². The van der Waals surface area contributed by atoms with E-state index in [1.165, 1.54) is 17.0 Å². The molecular weight excluding hydrogens is 451 g/mol. The first-order valence-electron chi connectivity index (χ1n) is 9.06. The third kappa shape index (κ3) is 6.08. The van der Waals surface area contributed by atoms with Gasteiger partial charge >= 0.3 is 12.1 Å². The summed E-state index contributed by atoms with van der Waals surface area (Å²) < 4.78 is 44.5. The molecule has 162 valence electrons. The minimum atomic E-state index is -4.47. The van der Waals surface area contributed by atoms with Gasteiger partial charge in [0.05, 0.1) is 10.5 Å². The van der Waals surface area contributed by atoms with Gasteiger partial charge in [-0.25, -0.2) is 0 Å². The molecule has 31 heavy (non-hydrogen) atoms. The lowest BCUT2D eigenvalue weighted by atomic mass is 10.2. The molecule has 1 aliphatic heterocycles. The van der Waals surface area contributed by atoms with Crippen LogP contribution in [-0.4, -0.2) is 32.7 Å². The number of benzene rings is 2. The van der Waals surface area contributed by atoms with E-state index < -0.39 is 17.7 Å². The number of thiocarbonyl (C=S) groups is 1. The Balaban J connectivity index is 1.73. The summed E-state index contributed by atoms with van der Waals surface area (Å²) in [6.45, 7) is 0.215. The summed E-state index contributed by atoms with van der Waals surface area (Å²) in [5.41, 5.74) is -0.205. The molecule has 3 rings (SSSR count). The van der Waals surface area contributed by atoms with Crippen LogP contribution < -0.4 is 4.74 Å². The number of amides is 1. The Morgan fingerprint density at radius 1 is 1.16 bits per heavy atom. The van der Waals surface area contributed by atoms with Crippen LogP contribution in [0.4, 0.5) is 13.2 Å². The predicted octanol–water partition coefficient (Wildman–Crippen LogP) is 5.56. The first-order valence-corrected chi connectivity index (χ1v) is 10.3. The number of hydrogen-bond donors (Lipinski definition) is 1. The molecule has 10 heteroatoms. The van der Waals surface area contributed by atoms with Crippen LogP contribution in [0.15, 0.2) is 53.4 Å². The number of carboxylic acid groups (broad SMARTS) is 1. The van der Waals surface area contributed by atoms with Crippen molar-refractivity contribution in [2.45, 2.75) is 19.0 Å². The van der Waals surface area contributed by atoms with E-state index in [-0.39, 0.29) is 31.0 Å². The van der Waals surface area contributed by atoms with Crippen LogP contribution in [0.3, 0.4) is 0 Å². The number of carbonyl (C=O) groups excluding carboxylic acids is 1. The third-order valence-electron chi connectivity index (χ3n) is 4.20. The van der Waals surface area contributed by atoms with Crippen LogP contribution >= 0.6 is 24.0 Å². The maximum Gasteiger partial charge on any atom is 0.416 e. The molecule has 0 bridgehead atoms. The molecule has 1 amide bonds. The van der Waals surface area contributed by atoms with Crippen molar-refractivity contribution in [1.82, 2.24) is 4.90 Å². The average Bonchev–Trinajstić information content (AvgIpc) is 2.95. The summed E-state index contributed by atoms with van der Waals surface area (Å²) in [6, 6.07) is 11.1. The van der Waals surface area contributed by atoms with Crippen molar-refractivity contribution in [2.24, 2.45) is 0 Å². The minimum absolute atomic E-state index is 0.0386. The maximum atomic E-state index is 12.9. The van der Waals surface area contributed by atoms with Gasteiger partial charge in [-0.05, 0) is 48.4 Å². The molecule has 5 nitrogen and oxygen atoms in total. The summed E-state index contributed by atoms with van der Waals surface area (Å²) in [5, 5.41) is 8.73. The summed E-state index contributed by atoms with van der Waals surface area (Å²) in [4.78, 5) is 24.9. The van der Waals surface area contributed by atoms with Crippen LogP contribution in [-0.2, 0) is 15.8 Å². The van der Waals surface area contributed by atoms with Crippen molar-refractivity contribution in [3.05, 3.63) is 64.6 Å². The van der Waals surface area contributed by atoms with Gasteiger partial charge in [-0.2, -0.15) is 13.2 Å². The van der Waals surface area contributed by atoms with Crippen LogP contribution in [0.1, 0.15) is 24.0 Å². The van der Waals surface area contributed by atoms with Crippen LogP contribution in [0.25, 0.3) is 6.08 Å². The second-order valence-corrected chi connectivity index (χ2v) is 8.21. The highest BCUT2D eigenvalue weighted by Crippen LogP contribution is 2.35. The zero-order valence-electron chi connectivity index (χ0n) is 15.9. The molecule has 0 radical (unpaired) electrons. The van der Waals surface area contributed by atoms with Crippen molar-refractivity contribution >= 4 is 46.3 Å². The van der Waals surface area contributed by atoms with Gasteiger partial charge < -0.3 is 9.84 Å². The Labute approximate surface area is 185 Å². The fourth-order valence-electron chi connectivity index (χ4n) is 2.77. The fraction of sp³-hybridized carbons (Fsp3) is 0.190. The highest BCUT2D eigenvalue weighted by molar-refractivity contribution is 8.26. The lowest BCUT2D eigenvalue weighted by Gasteiger charge is -2.13. The van der Waals surface area contributed by atoms with Crippen molar-refractivity contribution < 1.29 is 32.6 Å². The van der Waals surface area contributed by atoms with Crippen molar-refractivity contribution in [3.63, 3.8) is 0 Å². The topological polar surface area (TPSA) is 66.8 Å². The Morgan fingerprint density at radius 2 is 1.84 bits per heavy atom. The molecule has 1 heterocycles. The Kier molecular flexibility index (Phi) is 7.01. The minimum Gasteiger partial charge on any atom is -0.481 e. The number of carbonyl (C=O) groups is 2. The fourth-order valence-corrected chi connectivity index (χ4v) is 4.08. The highest BCUT2D eigenvalue weighted by atomic mass is 32.2. The van der Waals surface area contributed by atoms with Gasteiger partial charge in [0.2, 0.25) is 0 Å². The summed E-state index contributed by atoms with van der Waals surface area (Å²) >= 11 is 6.31. The zero-order chi connectivity index (χ0) is 22.6. The average molecular weight is 467 g/mol. The number of hydrogen-bond acceptors (Lipinski definition) is 5. The van der Waals surface area contributed by atoms with Crippen molar-refractivity contribution in [2.75, 3.05) is 6.54 Å². The van der Waals surface area contributed by atoms with E-state index in [0.29, 0.717) is 20.5 Å². The standard InChI is InChI=1S/C21H16F3NO4S2/c22-21(23,24)14-5-2-7-16(12-14)29-15-6-1-4-13(10-15)11-17-19(28)25(20(30)31-17)9-3-8-18(26)27/h1-2,4-7,10-12H,3,8-9H2,(H,26,27)/b17-11-. The van der Waals surface area contributed by atoms with E-state index in [9.17, 15) is 22.8 Å². The number of alkyl halides is 3. The third-order valence-corrected chi connectivity index (χ3v) is 5.58. The second kappa shape index (κ2) is 9.52. The van der Waals surface area contributed by atoms with Crippen molar-refractivity contribution in [1.29, 1.82) is 0 Å². The number of thioether (sulfide) groups is 1. The largest absolute Gasteiger partial charge is 0.481 e. The summed E-state index contributed by atoms with van der Waals surface area (Å²) in [7, 11) is 0. The quantitative estimate of drug-likeness (QED) is 0.425. The molecule has 1 N–H and O–H groups in total. The maximum absolute atomic E-state index is 12.9. The summed E-state index contributed by atoms with van der Waals surface area (Å²) in [6.07, 6.45) is -2.64. The zero-order valence-corrected chi connectivity index (χ0v) is 17.5. The van der Waals surface area contributed by atoms with E-state index in [1.54, 1.807) is 30.3 Å². The molecule has 0 aromatic heterocycles. The smallest absolute Gasteiger partial charge is 0.416 e. The number of carboxylic acids is 1. The molecule has 1 saturated heterocycles. The Bertz CT molecular complexity index is 1050. The van der Waals surface area contributed by atoms with Gasteiger partial charge in [0.15, 0.2) is 0 Å². The van der Waals surface area contributed by atoms with E-state index in [0.717, 1.165) is 23.9 Å². The molecule has 0 atom stereocenters. The molecule has 0 saturated carbocycles. The van der Waals surface area contributed by atoms with Gasteiger partial charge in [-0.15, -0.1) is 0 Å². The van der Waals surface area contributed by atoms with Crippen LogP contribution in [0.2, 0.25) is 0 Å². The molecule has 2 aromatic carbocycles. The Morgan fingerprint density at radius 3 is 2.52 bits per heavy atom. The number of ether oxygens (including phenoxy) is 1. The van der Waals surface area contributed by atoms with E-state index in [1.807, 2.05) is 0 Å². The van der Waals surface area contributed by atoms with E-state index >= 15 is 0 Å². The lowest BCUT2D eigenvalue weighted by Crippen LogP contribution is -2.29. The molecule has 0 unspecified atom stereocenters. The van der Waals surface area contributed by atoms with Crippen LogP contribution in [0, 0.1) is 0 Å². The molecular formula is C21H16F3NO4S2. The molecule has 0 spiro atoms. The number of aliphatic carboxylic acids is 1.